The topological polar surface area (TPSA) is 67.3 Å². The van der Waals surface area contributed by atoms with Gasteiger partial charge in [-0.15, -0.1) is 0 Å². The molecule has 0 fully saturated rings. The van der Waals surface area contributed by atoms with Crippen LogP contribution in [0.2, 0.25) is 0 Å². The number of hydrogen-bond acceptors (Lipinski definition) is 4. The molecule has 0 unspecified atom stereocenters. The minimum absolute atomic E-state index is 0.802. The lowest BCUT2D eigenvalue weighted by molar-refractivity contribution is 1.18. The number of aryl methyl sites for hydroxylation is 2. The summed E-state index contributed by atoms with van der Waals surface area (Å²) in [5, 5.41) is 3.45. The maximum Gasteiger partial charge on any atom is 0.0668 e. The van der Waals surface area contributed by atoms with Crippen molar-refractivity contribution < 1.29 is 0 Å². The number of nitrogen functional groups attached to an aromatic ring is 2. The van der Waals surface area contributed by atoms with Gasteiger partial charge in [-0.25, -0.2) is 0 Å². The van der Waals surface area contributed by atoms with Crippen molar-refractivity contribution in [1.29, 1.82) is 0 Å². The van der Waals surface area contributed by atoms with E-state index < -0.39 is 0 Å². The summed E-state index contributed by atoms with van der Waals surface area (Å²) in [6, 6.07) is 8.15. The Morgan fingerprint density at radius 1 is 0.842 bits per heavy atom. The number of benzene rings is 2. The highest BCUT2D eigenvalue weighted by atomic mass is 15.2. The van der Waals surface area contributed by atoms with E-state index in [4.69, 9.17) is 11.5 Å². The number of fused-ring (bicyclic) bond motifs is 2. The molecule has 1 aliphatic rings. The first-order chi connectivity index (χ1) is 8.97. The Morgan fingerprint density at radius 2 is 1.26 bits per heavy atom. The molecule has 1 heterocycles. The molecular weight excluding hydrogens is 236 g/mol. The van der Waals surface area contributed by atoms with E-state index in [1.54, 1.807) is 0 Å². The van der Waals surface area contributed by atoms with Crippen LogP contribution in [-0.4, -0.2) is 7.05 Å². The van der Waals surface area contributed by atoms with Gasteiger partial charge in [0, 0.05) is 18.4 Å². The Morgan fingerprint density at radius 3 is 1.68 bits per heavy atom. The van der Waals surface area contributed by atoms with Gasteiger partial charge in [-0.05, 0) is 49.2 Å². The molecule has 0 saturated carbocycles. The van der Waals surface area contributed by atoms with E-state index in [9.17, 15) is 0 Å². The Bertz CT molecular complexity index is 619. The van der Waals surface area contributed by atoms with Crippen LogP contribution in [0.25, 0.3) is 0 Å². The molecule has 0 radical (unpaired) electrons. The van der Waals surface area contributed by atoms with Gasteiger partial charge in [-0.3, -0.25) is 0 Å². The standard InChI is InChI=1S/C15H18N4/c1-8-4-12-14(6-10(8)16)19(3)15-7-11(17)9(2)5-13(15)18-12/h4-7,18H,16-17H2,1-3H3. The number of anilines is 6. The third-order valence-corrected chi connectivity index (χ3v) is 3.76. The molecule has 19 heavy (non-hydrogen) atoms. The van der Waals surface area contributed by atoms with Crippen LogP contribution >= 0.6 is 0 Å². The average Bonchev–Trinajstić information content (AvgIpc) is 2.35. The van der Waals surface area contributed by atoms with E-state index in [2.05, 4.69) is 22.3 Å². The minimum Gasteiger partial charge on any atom is -0.398 e. The van der Waals surface area contributed by atoms with Crippen molar-refractivity contribution in [2.24, 2.45) is 0 Å². The van der Waals surface area contributed by atoms with Crippen molar-refractivity contribution in [2.45, 2.75) is 13.8 Å². The van der Waals surface area contributed by atoms with Gasteiger partial charge >= 0.3 is 0 Å². The van der Waals surface area contributed by atoms with E-state index in [1.807, 2.05) is 33.0 Å². The van der Waals surface area contributed by atoms with Crippen molar-refractivity contribution in [1.82, 2.24) is 0 Å². The highest BCUT2D eigenvalue weighted by Crippen LogP contribution is 2.45. The Hall–Kier alpha value is -2.36. The van der Waals surface area contributed by atoms with Gasteiger partial charge in [0.25, 0.3) is 0 Å². The van der Waals surface area contributed by atoms with E-state index >= 15 is 0 Å². The van der Waals surface area contributed by atoms with Crippen molar-refractivity contribution in [3.63, 3.8) is 0 Å². The summed E-state index contributed by atoms with van der Waals surface area (Å²) >= 11 is 0. The third-order valence-electron chi connectivity index (χ3n) is 3.76. The average molecular weight is 254 g/mol. The molecule has 0 atom stereocenters. The van der Waals surface area contributed by atoms with E-state index in [0.717, 1.165) is 45.3 Å². The van der Waals surface area contributed by atoms with E-state index in [-0.39, 0.29) is 0 Å². The van der Waals surface area contributed by atoms with Crippen LogP contribution in [0.3, 0.4) is 0 Å². The summed E-state index contributed by atoms with van der Waals surface area (Å²) in [7, 11) is 2.03. The first-order valence-corrected chi connectivity index (χ1v) is 6.28. The molecule has 0 saturated heterocycles. The number of hydrogen-bond donors (Lipinski definition) is 3. The molecule has 1 aliphatic heterocycles. The predicted molar refractivity (Wildman–Crippen MR) is 82.5 cm³/mol. The smallest absolute Gasteiger partial charge is 0.0668 e. The van der Waals surface area contributed by atoms with Crippen LogP contribution < -0.4 is 21.7 Å². The molecule has 0 spiro atoms. The van der Waals surface area contributed by atoms with Crippen molar-refractivity contribution in [3.8, 4) is 0 Å². The fourth-order valence-electron chi connectivity index (χ4n) is 2.46. The quantitative estimate of drug-likeness (QED) is 0.631. The molecule has 2 aromatic carbocycles. The fourth-order valence-corrected chi connectivity index (χ4v) is 2.46. The lowest BCUT2D eigenvalue weighted by Gasteiger charge is -2.32. The second-order valence-corrected chi connectivity index (χ2v) is 5.14. The first-order valence-electron chi connectivity index (χ1n) is 6.28. The maximum atomic E-state index is 6.00. The summed E-state index contributed by atoms with van der Waals surface area (Å²) in [5.74, 6) is 0. The number of nitrogens with one attached hydrogen (secondary N) is 1. The highest BCUT2D eigenvalue weighted by molar-refractivity contribution is 5.94. The summed E-state index contributed by atoms with van der Waals surface area (Å²) in [5.41, 5.74) is 20.0. The maximum absolute atomic E-state index is 6.00. The van der Waals surface area contributed by atoms with Gasteiger partial charge < -0.3 is 21.7 Å². The zero-order valence-corrected chi connectivity index (χ0v) is 11.4. The van der Waals surface area contributed by atoms with Crippen LogP contribution in [0.1, 0.15) is 11.1 Å². The number of rotatable bonds is 0. The molecule has 4 heteroatoms. The summed E-state index contributed by atoms with van der Waals surface area (Å²) in [4.78, 5) is 2.12. The number of nitrogens with zero attached hydrogens (tertiary/aromatic N) is 1. The molecule has 0 amide bonds. The number of nitrogens with two attached hydrogens (primary N) is 2. The second-order valence-electron chi connectivity index (χ2n) is 5.14. The predicted octanol–water partition coefficient (Wildman–Crippen LogP) is 3.29. The SMILES string of the molecule is Cc1cc2c(cc1N)N(C)c1cc(N)c(C)cc1N2. The largest absolute Gasteiger partial charge is 0.398 e. The van der Waals surface area contributed by atoms with Crippen LogP contribution in [0.15, 0.2) is 24.3 Å². The van der Waals surface area contributed by atoms with Crippen molar-refractivity contribution in [2.75, 3.05) is 28.7 Å². The molecule has 5 N–H and O–H groups in total. The summed E-state index contributed by atoms with van der Waals surface area (Å²) in [6.07, 6.45) is 0. The summed E-state index contributed by atoms with van der Waals surface area (Å²) in [6.45, 7) is 4.03. The van der Waals surface area contributed by atoms with Crippen LogP contribution in [-0.2, 0) is 0 Å². The zero-order valence-electron chi connectivity index (χ0n) is 11.4. The summed E-state index contributed by atoms with van der Waals surface area (Å²) < 4.78 is 0. The molecule has 98 valence electrons. The van der Waals surface area contributed by atoms with Gasteiger partial charge in [0.2, 0.25) is 0 Å². The first kappa shape index (κ1) is 11.7. The van der Waals surface area contributed by atoms with Crippen LogP contribution in [0.5, 0.6) is 0 Å². The third kappa shape index (κ3) is 1.68. The van der Waals surface area contributed by atoms with Crippen molar-refractivity contribution >= 4 is 34.1 Å². The van der Waals surface area contributed by atoms with Gasteiger partial charge in [0.15, 0.2) is 0 Å². The van der Waals surface area contributed by atoms with Gasteiger partial charge in [-0.2, -0.15) is 0 Å². The van der Waals surface area contributed by atoms with E-state index in [0.29, 0.717) is 0 Å². The molecule has 0 bridgehead atoms. The highest BCUT2D eigenvalue weighted by Gasteiger charge is 2.21. The van der Waals surface area contributed by atoms with Gasteiger partial charge in [0.1, 0.15) is 0 Å². The van der Waals surface area contributed by atoms with E-state index in [1.165, 1.54) is 0 Å². The lowest BCUT2D eigenvalue weighted by Crippen LogP contribution is -2.18. The lowest BCUT2D eigenvalue weighted by atomic mass is 10.0. The second kappa shape index (κ2) is 3.82. The fraction of sp³-hybridized carbons (Fsp3) is 0.200. The normalized spacial score (nSPS) is 12.7. The molecule has 0 aromatic heterocycles. The van der Waals surface area contributed by atoms with Gasteiger partial charge in [-0.1, -0.05) is 0 Å². The van der Waals surface area contributed by atoms with Crippen molar-refractivity contribution in [3.05, 3.63) is 35.4 Å². The Kier molecular flexibility index (Phi) is 2.35. The molecule has 2 aromatic rings. The van der Waals surface area contributed by atoms with Gasteiger partial charge in [0.05, 0.1) is 22.7 Å². The minimum atomic E-state index is 0.802. The zero-order chi connectivity index (χ0) is 13.7. The van der Waals surface area contributed by atoms with Crippen LogP contribution in [0, 0.1) is 13.8 Å². The molecule has 4 nitrogen and oxygen atoms in total. The van der Waals surface area contributed by atoms with Crippen LogP contribution in [0.4, 0.5) is 34.1 Å². The molecule has 0 aliphatic carbocycles. The molecule has 3 rings (SSSR count). The Labute approximate surface area is 113 Å². The molecular formula is C15H18N4. The monoisotopic (exact) mass is 254 g/mol. The Balaban J connectivity index is 2.20.